The molecule has 0 spiro atoms. The third-order valence-corrected chi connectivity index (χ3v) is 5.05. The van der Waals surface area contributed by atoms with E-state index in [-0.39, 0.29) is 4.90 Å². The van der Waals surface area contributed by atoms with Crippen LogP contribution in [0.1, 0.15) is 30.4 Å². The van der Waals surface area contributed by atoms with E-state index in [1.165, 1.54) is 12.1 Å². The molecule has 2 aromatic carbocycles. The van der Waals surface area contributed by atoms with Gasteiger partial charge < -0.3 is 0 Å². The quantitative estimate of drug-likeness (QED) is 0.778. The summed E-state index contributed by atoms with van der Waals surface area (Å²) in [4.78, 5) is 0.115. The molecule has 0 saturated heterocycles. The lowest BCUT2D eigenvalue weighted by Crippen LogP contribution is -2.05. The molecule has 124 valence electrons. The Bertz CT molecular complexity index is 867. The summed E-state index contributed by atoms with van der Waals surface area (Å²) in [6, 6.07) is 16.4. The highest BCUT2D eigenvalue weighted by molar-refractivity contribution is 7.86. The van der Waals surface area contributed by atoms with E-state index in [0.29, 0.717) is 5.71 Å². The van der Waals surface area contributed by atoms with Crippen LogP contribution in [0.5, 0.6) is 0 Å². The third kappa shape index (κ3) is 3.92. The van der Waals surface area contributed by atoms with E-state index in [0.717, 1.165) is 36.0 Å². The Hall–Kier alpha value is -2.40. The second-order valence-electron chi connectivity index (χ2n) is 5.81. The van der Waals surface area contributed by atoms with Crippen molar-refractivity contribution in [1.29, 1.82) is 0 Å². The SMILES string of the molecule is Cc1ccc(S(=O)(=O)O/N=C2/CCC/C2=C/c2ccccc2)cc1. The average Bonchev–Trinajstić information content (AvgIpc) is 3.02. The molecule has 3 rings (SSSR count). The molecule has 5 heteroatoms. The number of allylic oxidation sites excluding steroid dienone is 1. The van der Waals surface area contributed by atoms with Crippen molar-refractivity contribution in [2.24, 2.45) is 5.16 Å². The maximum atomic E-state index is 12.2. The molecule has 1 fully saturated rings. The monoisotopic (exact) mass is 341 g/mol. The van der Waals surface area contributed by atoms with E-state index in [1.807, 2.05) is 43.3 Å². The fourth-order valence-corrected chi connectivity index (χ4v) is 3.35. The van der Waals surface area contributed by atoms with Gasteiger partial charge in [-0.3, -0.25) is 4.28 Å². The van der Waals surface area contributed by atoms with Gasteiger partial charge in [-0.1, -0.05) is 53.2 Å². The van der Waals surface area contributed by atoms with Gasteiger partial charge in [0.2, 0.25) is 0 Å². The number of rotatable bonds is 4. The Morgan fingerprint density at radius 1 is 1.00 bits per heavy atom. The Balaban J connectivity index is 1.80. The largest absolute Gasteiger partial charge is 0.358 e. The van der Waals surface area contributed by atoms with Crippen LogP contribution in [-0.2, 0) is 14.4 Å². The maximum absolute atomic E-state index is 12.2. The van der Waals surface area contributed by atoms with E-state index in [1.54, 1.807) is 12.1 Å². The summed E-state index contributed by atoms with van der Waals surface area (Å²) in [6.45, 7) is 1.90. The molecule has 0 heterocycles. The first-order chi connectivity index (χ1) is 11.5. The van der Waals surface area contributed by atoms with Crippen LogP contribution >= 0.6 is 0 Å². The van der Waals surface area contributed by atoms with Crippen molar-refractivity contribution in [3.05, 3.63) is 71.3 Å². The molecule has 0 aliphatic heterocycles. The summed E-state index contributed by atoms with van der Waals surface area (Å²) in [7, 11) is -3.88. The van der Waals surface area contributed by atoms with Gasteiger partial charge in [-0.05, 0) is 55.5 Å². The number of hydrogen-bond acceptors (Lipinski definition) is 4. The van der Waals surface area contributed by atoms with Crippen LogP contribution in [0.25, 0.3) is 6.08 Å². The van der Waals surface area contributed by atoms with Crippen molar-refractivity contribution < 1.29 is 12.7 Å². The minimum atomic E-state index is -3.88. The first-order valence-corrected chi connectivity index (χ1v) is 9.29. The van der Waals surface area contributed by atoms with Crippen LogP contribution in [-0.4, -0.2) is 14.1 Å². The number of oxime groups is 1. The van der Waals surface area contributed by atoms with Crippen LogP contribution in [0.2, 0.25) is 0 Å². The normalized spacial score (nSPS) is 18.2. The van der Waals surface area contributed by atoms with Gasteiger partial charge in [-0.2, -0.15) is 8.42 Å². The molecule has 0 atom stereocenters. The minimum Gasteiger partial charge on any atom is -0.265 e. The molecule has 2 aromatic rings. The summed E-state index contributed by atoms with van der Waals surface area (Å²) < 4.78 is 29.4. The third-order valence-electron chi connectivity index (χ3n) is 3.93. The molecule has 0 N–H and O–H groups in total. The van der Waals surface area contributed by atoms with Crippen LogP contribution < -0.4 is 0 Å². The van der Waals surface area contributed by atoms with Gasteiger partial charge >= 0.3 is 10.1 Å². The van der Waals surface area contributed by atoms with Crippen molar-refractivity contribution in [2.75, 3.05) is 0 Å². The molecular weight excluding hydrogens is 322 g/mol. The standard InChI is InChI=1S/C19H19NO3S/c1-15-10-12-18(13-11-15)24(21,22)23-20-19-9-5-8-17(19)14-16-6-3-2-4-7-16/h2-4,6-7,10-14H,5,8-9H2,1H3/b17-14-,20-19-. The fraction of sp³-hybridized carbons (Fsp3) is 0.211. The molecule has 1 aliphatic rings. The van der Waals surface area contributed by atoms with Gasteiger partial charge in [-0.15, -0.1) is 0 Å². The second-order valence-corrected chi connectivity index (χ2v) is 7.34. The summed E-state index contributed by atoms with van der Waals surface area (Å²) in [5.41, 5.74) is 3.79. The second kappa shape index (κ2) is 7.01. The molecule has 24 heavy (non-hydrogen) atoms. The van der Waals surface area contributed by atoms with Gasteiger partial charge in [0.25, 0.3) is 0 Å². The number of benzene rings is 2. The number of nitrogens with zero attached hydrogens (tertiary/aromatic N) is 1. The van der Waals surface area contributed by atoms with E-state index in [4.69, 9.17) is 4.28 Å². The lowest BCUT2D eigenvalue weighted by atomic mass is 10.1. The maximum Gasteiger partial charge on any atom is 0.358 e. The predicted octanol–water partition coefficient (Wildman–Crippen LogP) is 4.32. The lowest BCUT2D eigenvalue weighted by Gasteiger charge is -2.04. The van der Waals surface area contributed by atoms with Gasteiger partial charge in [-0.25, -0.2) is 0 Å². The zero-order chi connectivity index (χ0) is 17.0. The predicted molar refractivity (Wildman–Crippen MR) is 95.2 cm³/mol. The molecule has 0 amide bonds. The molecule has 0 bridgehead atoms. The highest BCUT2D eigenvalue weighted by Gasteiger charge is 2.20. The Morgan fingerprint density at radius 2 is 1.71 bits per heavy atom. The van der Waals surface area contributed by atoms with E-state index in [2.05, 4.69) is 5.16 Å². The number of hydrogen-bond donors (Lipinski definition) is 0. The zero-order valence-corrected chi connectivity index (χ0v) is 14.3. The zero-order valence-electron chi connectivity index (χ0n) is 13.5. The lowest BCUT2D eigenvalue weighted by molar-refractivity contribution is 0.338. The van der Waals surface area contributed by atoms with Crippen molar-refractivity contribution in [3.8, 4) is 0 Å². The fourth-order valence-electron chi connectivity index (χ4n) is 2.60. The topological polar surface area (TPSA) is 55.7 Å². The first-order valence-electron chi connectivity index (χ1n) is 7.88. The summed E-state index contributed by atoms with van der Waals surface area (Å²) in [5, 5.41) is 3.93. The highest BCUT2D eigenvalue weighted by atomic mass is 32.2. The number of aryl methyl sites for hydroxylation is 1. The summed E-state index contributed by atoms with van der Waals surface area (Å²) in [5.74, 6) is 0. The van der Waals surface area contributed by atoms with Crippen molar-refractivity contribution in [3.63, 3.8) is 0 Å². The summed E-state index contributed by atoms with van der Waals surface area (Å²) in [6.07, 6.45) is 4.59. The smallest absolute Gasteiger partial charge is 0.265 e. The molecular formula is C19H19NO3S. The van der Waals surface area contributed by atoms with Crippen LogP contribution in [0, 0.1) is 6.92 Å². The molecule has 0 unspecified atom stereocenters. The van der Waals surface area contributed by atoms with Gasteiger partial charge in [0.1, 0.15) is 4.90 Å². The molecule has 1 aliphatic carbocycles. The summed E-state index contributed by atoms with van der Waals surface area (Å²) >= 11 is 0. The Labute approximate surface area is 142 Å². The molecule has 0 aromatic heterocycles. The van der Waals surface area contributed by atoms with E-state index in [9.17, 15) is 8.42 Å². The van der Waals surface area contributed by atoms with E-state index >= 15 is 0 Å². The first kappa shape index (κ1) is 16.5. The van der Waals surface area contributed by atoms with E-state index < -0.39 is 10.1 Å². The minimum absolute atomic E-state index is 0.115. The molecule has 1 saturated carbocycles. The Morgan fingerprint density at radius 3 is 2.42 bits per heavy atom. The van der Waals surface area contributed by atoms with Gasteiger partial charge in [0.05, 0.1) is 5.71 Å². The van der Waals surface area contributed by atoms with Crippen molar-refractivity contribution in [1.82, 2.24) is 0 Å². The van der Waals surface area contributed by atoms with Gasteiger partial charge in [0.15, 0.2) is 0 Å². The van der Waals surface area contributed by atoms with Gasteiger partial charge in [0, 0.05) is 0 Å². The molecule has 0 radical (unpaired) electrons. The average molecular weight is 341 g/mol. The van der Waals surface area contributed by atoms with Crippen molar-refractivity contribution >= 4 is 21.9 Å². The highest BCUT2D eigenvalue weighted by Crippen LogP contribution is 2.25. The van der Waals surface area contributed by atoms with Crippen LogP contribution in [0.3, 0.4) is 0 Å². The molecule has 4 nitrogen and oxygen atoms in total. The van der Waals surface area contributed by atoms with Crippen LogP contribution in [0.4, 0.5) is 0 Å². The van der Waals surface area contributed by atoms with Crippen LogP contribution in [0.15, 0.2) is 70.2 Å². The van der Waals surface area contributed by atoms with Crippen molar-refractivity contribution in [2.45, 2.75) is 31.1 Å². The Kier molecular flexibility index (Phi) is 4.81.